The predicted octanol–water partition coefficient (Wildman–Crippen LogP) is 1.67. The van der Waals surface area contributed by atoms with Crippen LogP contribution in [-0.2, 0) is 6.42 Å². The number of nitro groups is 1. The molecule has 1 heterocycles. The molecular weight excluding hydrogens is 222 g/mol. The Bertz CT molecular complexity index is 549. The van der Waals surface area contributed by atoms with Gasteiger partial charge >= 0.3 is 0 Å². The molecule has 2 aromatic rings. The Balaban J connectivity index is 2.16. The molecule has 0 aliphatic carbocycles. The zero-order valence-electron chi connectivity index (χ0n) is 8.81. The van der Waals surface area contributed by atoms with Gasteiger partial charge in [0.1, 0.15) is 6.33 Å². The van der Waals surface area contributed by atoms with E-state index in [9.17, 15) is 14.9 Å². The van der Waals surface area contributed by atoms with Crippen molar-refractivity contribution in [3.8, 4) is 0 Å². The number of benzene rings is 1. The van der Waals surface area contributed by atoms with Gasteiger partial charge in [0.05, 0.1) is 11.3 Å². The van der Waals surface area contributed by atoms with Gasteiger partial charge in [0, 0.05) is 24.5 Å². The maximum atomic E-state index is 11.7. The monoisotopic (exact) mass is 231 g/mol. The molecule has 0 spiro atoms. The van der Waals surface area contributed by atoms with Crippen molar-refractivity contribution >= 4 is 11.6 Å². The molecule has 6 nitrogen and oxygen atoms in total. The largest absolute Gasteiger partial charge is 0.276 e. The fourth-order valence-electron chi connectivity index (χ4n) is 1.45. The predicted molar refractivity (Wildman–Crippen MR) is 59.7 cm³/mol. The van der Waals surface area contributed by atoms with E-state index in [1.165, 1.54) is 29.2 Å². The number of hydrogen-bond donors (Lipinski definition) is 0. The summed E-state index contributed by atoms with van der Waals surface area (Å²) in [6.45, 7) is 0. The van der Waals surface area contributed by atoms with Gasteiger partial charge in [-0.2, -0.15) is 0 Å². The highest BCUT2D eigenvalue weighted by Gasteiger charge is 2.09. The average Bonchev–Trinajstić information content (AvgIpc) is 2.82. The molecule has 2 rings (SSSR count). The van der Waals surface area contributed by atoms with Crippen molar-refractivity contribution in [2.24, 2.45) is 0 Å². The SMILES string of the molecule is O=C(Cc1cccc([N+](=O)[O-])c1)n1ccnc1. The molecule has 0 saturated heterocycles. The lowest BCUT2D eigenvalue weighted by atomic mass is 10.1. The highest BCUT2D eigenvalue weighted by Crippen LogP contribution is 2.13. The third-order valence-electron chi connectivity index (χ3n) is 2.27. The van der Waals surface area contributed by atoms with Crippen LogP contribution in [0.3, 0.4) is 0 Å². The molecule has 6 heteroatoms. The standard InChI is InChI=1S/C11H9N3O3/c15-11(13-5-4-12-8-13)7-9-2-1-3-10(6-9)14(16)17/h1-6,8H,7H2. The second-order valence-corrected chi connectivity index (χ2v) is 3.47. The van der Waals surface area contributed by atoms with E-state index in [0.717, 1.165) is 0 Å². The molecule has 0 N–H and O–H groups in total. The zero-order valence-corrected chi connectivity index (χ0v) is 8.81. The molecule has 0 fully saturated rings. The summed E-state index contributed by atoms with van der Waals surface area (Å²) in [6.07, 6.45) is 4.56. The first kappa shape index (κ1) is 11.0. The van der Waals surface area contributed by atoms with Crippen molar-refractivity contribution in [2.75, 3.05) is 0 Å². The van der Waals surface area contributed by atoms with Gasteiger partial charge in [0.15, 0.2) is 0 Å². The van der Waals surface area contributed by atoms with Gasteiger partial charge in [-0.3, -0.25) is 19.5 Å². The van der Waals surface area contributed by atoms with Gasteiger partial charge in [0.25, 0.3) is 5.69 Å². The van der Waals surface area contributed by atoms with E-state index < -0.39 is 4.92 Å². The van der Waals surface area contributed by atoms with Crippen molar-refractivity contribution in [2.45, 2.75) is 6.42 Å². The number of carbonyl (C=O) groups is 1. The first-order valence-corrected chi connectivity index (χ1v) is 4.91. The fraction of sp³-hybridized carbons (Fsp3) is 0.0909. The quantitative estimate of drug-likeness (QED) is 0.594. The van der Waals surface area contributed by atoms with Crippen LogP contribution in [0.4, 0.5) is 5.69 Å². The number of rotatable bonds is 3. The number of imidazole rings is 1. The minimum absolute atomic E-state index is 0.0130. The van der Waals surface area contributed by atoms with Crippen molar-refractivity contribution < 1.29 is 9.72 Å². The summed E-state index contributed by atoms with van der Waals surface area (Å²) in [5.74, 6) is -0.178. The Morgan fingerprint density at radius 3 is 2.94 bits per heavy atom. The maximum Gasteiger partial charge on any atom is 0.269 e. The van der Waals surface area contributed by atoms with Crippen molar-refractivity contribution in [3.63, 3.8) is 0 Å². The Labute approximate surface area is 96.7 Å². The van der Waals surface area contributed by atoms with Gasteiger partial charge in [-0.1, -0.05) is 12.1 Å². The molecule has 0 aliphatic heterocycles. The van der Waals surface area contributed by atoms with Crippen LogP contribution >= 0.6 is 0 Å². The Morgan fingerprint density at radius 2 is 2.29 bits per heavy atom. The smallest absolute Gasteiger partial charge is 0.269 e. The molecule has 1 aromatic carbocycles. The summed E-state index contributed by atoms with van der Waals surface area (Å²) in [5.41, 5.74) is 0.596. The molecule has 0 aliphatic rings. The first-order valence-electron chi connectivity index (χ1n) is 4.91. The van der Waals surface area contributed by atoms with Gasteiger partial charge in [-0.15, -0.1) is 0 Å². The van der Waals surface area contributed by atoms with E-state index >= 15 is 0 Å². The summed E-state index contributed by atoms with van der Waals surface area (Å²) in [4.78, 5) is 25.6. The van der Waals surface area contributed by atoms with E-state index in [2.05, 4.69) is 4.98 Å². The number of aromatic nitrogens is 2. The fourth-order valence-corrected chi connectivity index (χ4v) is 1.45. The second-order valence-electron chi connectivity index (χ2n) is 3.47. The third-order valence-corrected chi connectivity index (χ3v) is 2.27. The molecular formula is C11H9N3O3. The summed E-state index contributed by atoms with van der Waals surface area (Å²) in [6, 6.07) is 6.04. The lowest BCUT2D eigenvalue weighted by Crippen LogP contribution is -2.11. The number of non-ortho nitro benzene ring substituents is 1. The van der Waals surface area contributed by atoms with Crippen LogP contribution in [0.25, 0.3) is 0 Å². The van der Waals surface area contributed by atoms with E-state index in [1.807, 2.05) is 0 Å². The number of hydrogen-bond acceptors (Lipinski definition) is 4. The highest BCUT2D eigenvalue weighted by molar-refractivity contribution is 5.81. The maximum absolute atomic E-state index is 11.7. The summed E-state index contributed by atoms with van der Waals surface area (Å²) in [7, 11) is 0. The van der Waals surface area contributed by atoms with Crippen LogP contribution in [0.15, 0.2) is 43.0 Å². The van der Waals surface area contributed by atoms with Gasteiger partial charge < -0.3 is 0 Å². The van der Waals surface area contributed by atoms with Crippen LogP contribution in [0, 0.1) is 10.1 Å². The molecule has 1 aromatic heterocycles. The van der Waals surface area contributed by atoms with Gasteiger partial charge in [-0.05, 0) is 5.56 Å². The topological polar surface area (TPSA) is 78.0 Å². The minimum Gasteiger partial charge on any atom is -0.276 e. The van der Waals surface area contributed by atoms with Gasteiger partial charge in [0.2, 0.25) is 5.91 Å². The Hall–Kier alpha value is -2.50. The minimum atomic E-state index is -0.481. The summed E-state index contributed by atoms with van der Waals surface area (Å²) < 4.78 is 1.35. The van der Waals surface area contributed by atoms with Crippen LogP contribution in [0.2, 0.25) is 0 Å². The molecule has 0 atom stereocenters. The van der Waals surface area contributed by atoms with E-state index in [0.29, 0.717) is 5.56 Å². The molecule has 0 amide bonds. The Kier molecular flexibility index (Phi) is 2.95. The molecule has 0 radical (unpaired) electrons. The number of carbonyl (C=O) groups excluding carboxylic acids is 1. The molecule has 0 saturated carbocycles. The number of nitro benzene ring substituents is 1. The highest BCUT2D eigenvalue weighted by atomic mass is 16.6. The Morgan fingerprint density at radius 1 is 1.47 bits per heavy atom. The van der Waals surface area contributed by atoms with E-state index in [-0.39, 0.29) is 18.0 Å². The molecule has 17 heavy (non-hydrogen) atoms. The van der Waals surface area contributed by atoms with E-state index in [4.69, 9.17) is 0 Å². The second kappa shape index (κ2) is 4.56. The summed E-state index contributed by atoms with van der Waals surface area (Å²) in [5, 5.41) is 10.6. The lowest BCUT2D eigenvalue weighted by Gasteiger charge is -2.01. The molecule has 0 unspecified atom stereocenters. The lowest BCUT2D eigenvalue weighted by molar-refractivity contribution is -0.384. The van der Waals surface area contributed by atoms with Crippen molar-refractivity contribution in [1.29, 1.82) is 0 Å². The van der Waals surface area contributed by atoms with Crippen LogP contribution in [0.5, 0.6) is 0 Å². The first-order chi connectivity index (χ1) is 8.16. The molecule has 86 valence electrons. The summed E-state index contributed by atoms with van der Waals surface area (Å²) >= 11 is 0. The molecule has 0 bridgehead atoms. The zero-order chi connectivity index (χ0) is 12.3. The normalized spacial score (nSPS) is 10.1. The van der Waals surface area contributed by atoms with Gasteiger partial charge in [-0.25, -0.2) is 4.98 Å². The van der Waals surface area contributed by atoms with Crippen LogP contribution < -0.4 is 0 Å². The van der Waals surface area contributed by atoms with Crippen LogP contribution in [-0.4, -0.2) is 20.4 Å². The van der Waals surface area contributed by atoms with Crippen molar-refractivity contribution in [3.05, 3.63) is 58.7 Å². The number of nitrogens with zero attached hydrogens (tertiary/aromatic N) is 3. The average molecular weight is 231 g/mol. The van der Waals surface area contributed by atoms with E-state index in [1.54, 1.807) is 18.3 Å². The van der Waals surface area contributed by atoms with Crippen molar-refractivity contribution in [1.82, 2.24) is 9.55 Å². The van der Waals surface area contributed by atoms with Crippen LogP contribution in [0.1, 0.15) is 10.4 Å². The third kappa shape index (κ3) is 2.54.